The summed E-state index contributed by atoms with van der Waals surface area (Å²) in [7, 11) is 1.87. The van der Waals surface area contributed by atoms with Gasteiger partial charge in [0.25, 0.3) is 0 Å². The Morgan fingerprint density at radius 1 is 0.889 bits per heavy atom. The molecule has 3 heteroatoms. The van der Waals surface area contributed by atoms with Crippen LogP contribution in [0.25, 0.3) is 0 Å². The van der Waals surface area contributed by atoms with Crippen LogP contribution in [0.2, 0.25) is 0 Å². The van der Waals surface area contributed by atoms with Crippen LogP contribution in [0.3, 0.4) is 0 Å². The van der Waals surface area contributed by atoms with Crippen molar-refractivity contribution in [2.24, 2.45) is 0 Å². The third-order valence-corrected chi connectivity index (χ3v) is 18.5. The summed E-state index contributed by atoms with van der Waals surface area (Å²) in [5.74, 6) is 0. The van der Waals surface area contributed by atoms with Crippen molar-refractivity contribution in [3.05, 3.63) is 0 Å². The topological polar surface area (TPSA) is 0 Å². The molecule has 0 spiro atoms. The smallest absolute Gasteiger partial charge is 0.0662 e. The Morgan fingerprint density at radius 3 is 1.33 bits per heavy atom. The molecule has 0 unspecified atom stereocenters. The van der Waals surface area contributed by atoms with Gasteiger partial charge in [-0.1, -0.05) is 13.9 Å². The number of hydrogen-bond donors (Lipinski definition) is 0. The van der Waals surface area contributed by atoms with Crippen LogP contribution in [0.5, 0.6) is 0 Å². The summed E-state index contributed by atoms with van der Waals surface area (Å²) in [4.78, 5) is 0. The van der Waals surface area contributed by atoms with Gasteiger partial charge in [-0.25, -0.2) is 0 Å². The van der Waals surface area contributed by atoms with Gasteiger partial charge in [0.15, 0.2) is 0 Å². The van der Waals surface area contributed by atoms with E-state index in [0.717, 1.165) is 0 Å². The van der Waals surface area contributed by atoms with E-state index in [4.69, 9.17) is 0 Å². The third kappa shape index (κ3) is 2.42. The molecule has 1 fully saturated rings. The number of hydrogen-bond acceptors (Lipinski definition) is 0. The van der Waals surface area contributed by atoms with Gasteiger partial charge in [0.05, 0.1) is 12.3 Å². The lowest BCUT2D eigenvalue weighted by Crippen LogP contribution is -1.86. The maximum Gasteiger partial charge on any atom is 0.0662 e. The molecule has 0 N–H and O–H groups in total. The quantitative estimate of drug-likeness (QED) is 0.503. The van der Waals surface area contributed by atoms with Crippen LogP contribution < -0.4 is 0 Å². The first-order valence-corrected chi connectivity index (χ1v) is 11.4. The Bertz CT molecular complexity index is 103. The highest BCUT2D eigenvalue weighted by molar-refractivity contribution is 8.63. The average Bonchev–Trinajstić information content (AvgIpc) is 1.78. The van der Waals surface area contributed by atoms with Crippen LogP contribution in [0.4, 0.5) is 0 Å². The molecule has 1 rings (SSSR count). The molecule has 0 aromatic heterocycles. The Morgan fingerprint density at radius 2 is 1.22 bits per heavy atom. The second-order valence-electron chi connectivity index (χ2n) is 3.78. The molecule has 0 aromatic rings. The highest BCUT2D eigenvalue weighted by atomic mass is 32.5. The molecule has 0 saturated carbocycles. The summed E-state index contributed by atoms with van der Waals surface area (Å²) >= 11 is 0. The Kier molecular flexibility index (Phi) is 2.24. The highest BCUT2D eigenvalue weighted by Gasteiger charge is 2.36. The molecule has 0 amide bonds. The minimum atomic E-state index is -0.393. The maximum atomic E-state index is 2.50. The summed E-state index contributed by atoms with van der Waals surface area (Å²) in [6.45, 7) is 9.23. The average molecular weight is 181 g/mol. The Balaban J connectivity index is 2.58. The van der Waals surface area contributed by atoms with Crippen LogP contribution in [-0.4, -0.2) is 39.0 Å². The second-order valence-corrected chi connectivity index (χ2v) is 20.0. The second kappa shape index (κ2) is 2.41. The minimum absolute atomic E-state index is 0.393. The number of rotatable bonds is 0. The van der Waals surface area contributed by atoms with E-state index >= 15 is 0 Å². The zero-order valence-corrected chi connectivity index (χ0v) is 9.44. The van der Waals surface area contributed by atoms with Gasteiger partial charge in [0.2, 0.25) is 0 Å². The van der Waals surface area contributed by atoms with Gasteiger partial charge in [-0.2, -0.15) is 0 Å². The van der Waals surface area contributed by atoms with Crippen molar-refractivity contribution in [2.45, 2.75) is 0 Å². The first-order valence-electron chi connectivity index (χ1n) is 3.32. The first kappa shape index (κ1) is 8.39. The molecule has 0 aromatic carbocycles. The van der Waals surface area contributed by atoms with Gasteiger partial charge < -0.3 is 0 Å². The van der Waals surface area contributed by atoms with E-state index in [2.05, 4.69) is 26.7 Å². The molecule has 0 atom stereocenters. The summed E-state index contributed by atoms with van der Waals surface area (Å²) in [6.07, 6.45) is 3.13. The van der Waals surface area contributed by atoms with Crippen molar-refractivity contribution in [2.75, 3.05) is 39.0 Å². The molecule has 1 aliphatic rings. The third-order valence-electron chi connectivity index (χ3n) is 1.68. The van der Waals surface area contributed by atoms with E-state index in [1.807, 2.05) is 7.96 Å². The fourth-order valence-electron chi connectivity index (χ4n) is 1.23. The van der Waals surface area contributed by atoms with E-state index < -0.39 is 13.9 Å². The summed E-state index contributed by atoms with van der Waals surface area (Å²) in [6, 6.07) is 0. The van der Waals surface area contributed by atoms with Crippen molar-refractivity contribution < 1.29 is 0 Å². The highest BCUT2D eigenvalue weighted by Crippen LogP contribution is 2.94. The Labute approximate surface area is 61.4 Å². The monoisotopic (exact) mass is 181 g/mol. The lowest BCUT2D eigenvalue weighted by atomic mass is 11.0. The summed E-state index contributed by atoms with van der Waals surface area (Å²) in [5.41, 5.74) is 0. The molecular formula is C6H16P3+. The normalized spacial score (nSPS) is 30.7. The lowest BCUT2D eigenvalue weighted by Gasteiger charge is -2.23. The molecule has 0 nitrogen and oxygen atoms in total. The fraction of sp³-hybridized carbons (Fsp3) is 1.00. The predicted octanol–water partition coefficient (Wildman–Crippen LogP) is 3.33. The predicted molar refractivity (Wildman–Crippen MR) is 54.2 cm³/mol. The van der Waals surface area contributed by atoms with Crippen LogP contribution in [0.15, 0.2) is 0 Å². The molecule has 1 aliphatic heterocycles. The van der Waals surface area contributed by atoms with Crippen molar-refractivity contribution in [3.63, 3.8) is 0 Å². The first-order chi connectivity index (χ1) is 3.91. The molecule has 0 bridgehead atoms. The zero-order chi connectivity index (χ0) is 7.12. The molecule has 0 radical (unpaired) electrons. The zero-order valence-electron chi connectivity index (χ0n) is 6.76. The Hall–Kier alpha value is 1.29. The van der Waals surface area contributed by atoms with E-state index in [1.165, 1.54) is 0 Å². The van der Waals surface area contributed by atoms with Crippen LogP contribution in [0.1, 0.15) is 0 Å². The van der Waals surface area contributed by atoms with Gasteiger partial charge in [0.1, 0.15) is 0 Å². The van der Waals surface area contributed by atoms with E-state index in [9.17, 15) is 0 Å². The molecule has 0 aliphatic carbocycles. The lowest BCUT2D eigenvalue weighted by molar-refractivity contribution is 1.49. The van der Waals surface area contributed by atoms with Gasteiger partial charge >= 0.3 is 0 Å². The van der Waals surface area contributed by atoms with Gasteiger partial charge in [-0.05, 0) is 0 Å². The van der Waals surface area contributed by atoms with Crippen molar-refractivity contribution in [3.8, 4) is 0 Å². The van der Waals surface area contributed by atoms with Crippen LogP contribution >= 0.6 is 21.9 Å². The standard InChI is InChI=1S/C6H16P3/c1-8(2)5-6-9(3,4)7-8/h5-6H2,1-4H3/q+1. The van der Waals surface area contributed by atoms with E-state index in [1.54, 1.807) is 12.3 Å². The molecular weight excluding hydrogens is 165 g/mol. The maximum absolute atomic E-state index is 2.50. The van der Waals surface area contributed by atoms with Crippen LogP contribution in [-0.2, 0) is 0 Å². The molecule has 1 heterocycles. The van der Waals surface area contributed by atoms with Crippen LogP contribution in [0, 0.1) is 0 Å². The van der Waals surface area contributed by atoms with Crippen molar-refractivity contribution >= 4 is 21.9 Å². The molecule has 1 saturated heterocycles. The van der Waals surface area contributed by atoms with Crippen molar-refractivity contribution in [1.29, 1.82) is 0 Å². The molecule has 9 heavy (non-hydrogen) atoms. The largest absolute Gasteiger partial charge is 0.119 e. The SMILES string of the molecule is C[P+]1(C)CC[P+](C)(C)[P-]1. The van der Waals surface area contributed by atoms with Gasteiger partial charge in [-0.3, -0.25) is 0 Å². The van der Waals surface area contributed by atoms with E-state index in [-0.39, 0.29) is 0 Å². The minimum Gasteiger partial charge on any atom is -0.119 e. The van der Waals surface area contributed by atoms with Gasteiger partial charge in [0, 0.05) is 26.7 Å². The van der Waals surface area contributed by atoms with Crippen molar-refractivity contribution in [1.82, 2.24) is 0 Å². The summed E-state index contributed by atoms with van der Waals surface area (Å²) < 4.78 is 0. The van der Waals surface area contributed by atoms with Gasteiger partial charge in [-0.15, -0.1) is 7.96 Å². The fourth-order valence-corrected chi connectivity index (χ4v) is 26.1. The summed E-state index contributed by atoms with van der Waals surface area (Å²) in [5, 5.41) is 0. The molecule has 54 valence electrons. The van der Waals surface area contributed by atoms with E-state index in [0.29, 0.717) is 0 Å².